The molecule has 0 spiro atoms. The van der Waals surface area contributed by atoms with Gasteiger partial charge in [-0.25, -0.2) is 0 Å². The monoisotopic (exact) mass is 1080 g/mol. The number of furan rings is 1. The van der Waals surface area contributed by atoms with Crippen LogP contribution in [0.4, 0.5) is 0 Å². The van der Waals surface area contributed by atoms with Crippen LogP contribution in [0.2, 0.25) is 17.3 Å². The van der Waals surface area contributed by atoms with E-state index in [9.17, 15) is 0 Å². The predicted molar refractivity (Wildman–Crippen MR) is 268 cm³/mol. The van der Waals surface area contributed by atoms with Gasteiger partial charge in [0.1, 0.15) is 5.58 Å². The number of aromatic nitrogens is 4. The molecule has 5 nitrogen and oxygen atoms in total. The van der Waals surface area contributed by atoms with Crippen molar-refractivity contribution in [1.29, 1.82) is 0 Å². The van der Waals surface area contributed by atoms with Crippen LogP contribution < -0.4 is 4.40 Å². The number of nitrogens with zero attached hydrogens (tertiary/aromatic N) is 4. The van der Waals surface area contributed by atoms with Crippen LogP contribution in [0.1, 0.15) is 86.9 Å². The minimum atomic E-state index is -1.86. The van der Waals surface area contributed by atoms with Gasteiger partial charge in [-0.2, -0.15) is 0 Å². The molecule has 0 bridgehead atoms. The summed E-state index contributed by atoms with van der Waals surface area (Å²) in [6.07, 6.45) is 5.10. The third kappa shape index (κ3) is 9.76. The molecule has 1 radical (unpaired) electrons. The van der Waals surface area contributed by atoms with Crippen LogP contribution in [0.5, 0.6) is 0 Å². The molecule has 0 unspecified atom stereocenters. The van der Waals surface area contributed by atoms with E-state index in [1.54, 1.807) is 4.40 Å². The molecular formula is C57H60GeIrN4O-2. The normalized spacial score (nSPS) is 11.8. The fraction of sp³-hybridized carbons (Fsp3) is 0.281. The number of hydrogen-bond acceptors (Lipinski definition) is 4. The number of para-hydroxylation sites is 2. The van der Waals surface area contributed by atoms with Gasteiger partial charge >= 0.3 is 126 Å². The van der Waals surface area contributed by atoms with Crippen molar-refractivity contribution in [3.8, 4) is 33.8 Å². The second-order valence-electron chi connectivity index (χ2n) is 19.1. The number of fused-ring (bicyclic) bond motifs is 4. The van der Waals surface area contributed by atoms with Gasteiger partial charge in [0, 0.05) is 37.7 Å². The maximum atomic E-state index is 6.52. The van der Waals surface area contributed by atoms with Gasteiger partial charge in [0.2, 0.25) is 0 Å². The minimum Gasteiger partial charge on any atom is -0.499 e. The summed E-state index contributed by atoms with van der Waals surface area (Å²) in [4.78, 5) is 14.4. The van der Waals surface area contributed by atoms with Gasteiger partial charge in [-0.05, 0) is 64.8 Å². The Balaban J connectivity index is 0.000000246. The standard InChI is InChI=1S/C39H36N3O.C18H24GeN.Ir/c1-23(2)30-19-28(27-12-8-7-9-13-27)20-31(24(3)4)33(30)22-42-35-15-11-10-14-34(35)41-39(42)29-17-16-25(5)37-32-18-26(6)40-21-36(32)43-38(29)37;1-14(2)11-16-12-18(15-9-7-6-8-10-15)20-13-17(16)19(3,4)5;/h7-16,18-21,23-24H,22H2,1-6H3;6-9,12-14H,11H2,1-5H3;/q2*-1;. The minimum absolute atomic E-state index is 0. The zero-order valence-corrected chi connectivity index (χ0v) is 43.7. The van der Waals surface area contributed by atoms with E-state index in [0.717, 1.165) is 73.3 Å². The van der Waals surface area contributed by atoms with Gasteiger partial charge in [0.05, 0.1) is 28.6 Å². The maximum Gasteiger partial charge on any atom is 0.139 e. The molecule has 0 amide bonds. The number of imidazole rings is 1. The van der Waals surface area contributed by atoms with Crippen LogP contribution >= 0.6 is 0 Å². The Kier molecular flexibility index (Phi) is 14.3. The largest absolute Gasteiger partial charge is 0.499 e. The van der Waals surface area contributed by atoms with Crippen molar-refractivity contribution in [2.24, 2.45) is 5.92 Å². The number of benzene rings is 5. The molecule has 7 heteroatoms. The molecule has 0 atom stereocenters. The van der Waals surface area contributed by atoms with Gasteiger partial charge in [-0.1, -0.05) is 100 Å². The van der Waals surface area contributed by atoms with E-state index >= 15 is 0 Å². The Labute approximate surface area is 396 Å². The van der Waals surface area contributed by atoms with Gasteiger partial charge < -0.3 is 8.98 Å². The van der Waals surface area contributed by atoms with Gasteiger partial charge in [0.25, 0.3) is 0 Å². The molecule has 0 saturated heterocycles. The molecule has 0 aliphatic carbocycles. The second-order valence-corrected chi connectivity index (χ2v) is 29.7. The summed E-state index contributed by atoms with van der Waals surface area (Å²) in [6, 6.07) is 45.3. The summed E-state index contributed by atoms with van der Waals surface area (Å²) in [5, 5.41) is 2.18. The van der Waals surface area contributed by atoms with E-state index in [1.165, 1.54) is 33.4 Å². The third-order valence-corrected chi connectivity index (χ3v) is 16.4. The number of aryl methyl sites for hydroxylation is 2. The zero-order chi connectivity index (χ0) is 44.6. The van der Waals surface area contributed by atoms with E-state index in [1.807, 2.05) is 31.3 Å². The molecule has 0 aliphatic heterocycles. The topological polar surface area (TPSA) is 56.7 Å². The van der Waals surface area contributed by atoms with Crippen molar-refractivity contribution >= 4 is 50.6 Å². The Morgan fingerprint density at radius 1 is 0.734 bits per heavy atom. The van der Waals surface area contributed by atoms with E-state index in [2.05, 4.69) is 185 Å². The summed E-state index contributed by atoms with van der Waals surface area (Å²) in [7, 11) is 0. The van der Waals surface area contributed by atoms with E-state index < -0.39 is 13.3 Å². The fourth-order valence-electron chi connectivity index (χ4n) is 8.95. The summed E-state index contributed by atoms with van der Waals surface area (Å²) in [6.45, 7) is 18.6. The molecule has 4 aromatic heterocycles. The zero-order valence-electron chi connectivity index (χ0n) is 39.2. The first-order valence-corrected chi connectivity index (χ1v) is 29.9. The van der Waals surface area contributed by atoms with Gasteiger partial charge in [-0.15, -0.1) is 17.7 Å². The first-order chi connectivity index (χ1) is 30.2. The molecule has 0 fully saturated rings. The molecule has 0 aliphatic rings. The van der Waals surface area contributed by atoms with E-state index in [0.29, 0.717) is 24.3 Å². The van der Waals surface area contributed by atoms with E-state index in [4.69, 9.17) is 14.4 Å². The molecule has 9 rings (SSSR count). The Morgan fingerprint density at radius 3 is 2.08 bits per heavy atom. The van der Waals surface area contributed by atoms with Crippen LogP contribution in [-0.2, 0) is 33.1 Å². The van der Waals surface area contributed by atoms with Gasteiger partial charge in [0.15, 0.2) is 0 Å². The van der Waals surface area contributed by atoms with Crippen molar-refractivity contribution in [1.82, 2.24) is 19.5 Å². The Bertz CT molecular complexity index is 3020. The number of hydrogen-bond donors (Lipinski definition) is 0. The molecule has 4 heterocycles. The van der Waals surface area contributed by atoms with Crippen LogP contribution in [0.15, 0.2) is 126 Å². The smallest absolute Gasteiger partial charge is 0.139 e. The van der Waals surface area contributed by atoms with Crippen molar-refractivity contribution in [2.75, 3.05) is 0 Å². The van der Waals surface area contributed by atoms with Crippen LogP contribution in [0.25, 0.3) is 66.7 Å². The second kappa shape index (κ2) is 19.5. The number of rotatable bonds is 10. The Hall–Kier alpha value is -5.14. The summed E-state index contributed by atoms with van der Waals surface area (Å²) in [5.41, 5.74) is 16.9. The average molecular weight is 1080 g/mol. The molecule has 0 saturated carbocycles. The number of pyridine rings is 2. The summed E-state index contributed by atoms with van der Waals surface area (Å²) in [5.74, 6) is 9.58. The van der Waals surface area contributed by atoms with E-state index in [-0.39, 0.29) is 20.1 Å². The van der Waals surface area contributed by atoms with Crippen molar-refractivity contribution in [3.63, 3.8) is 0 Å². The first kappa shape index (κ1) is 46.8. The SMILES string of the molecule is CC(C)Cc1cc(-c2[c-]cccc2)nc[c]1[Ge]([CH3])([CH3])[CH3].Cc1cc2c(cn1)oc1c(-c3nc4ccccc4n3Cc3c(C(C)C)cc(-c4ccccc4)cc3C(C)C)[c-]cc(C)c12.[Ir]. The third-order valence-electron chi connectivity index (χ3n) is 12.0. The van der Waals surface area contributed by atoms with Crippen molar-refractivity contribution in [3.05, 3.63) is 167 Å². The molecule has 329 valence electrons. The molecule has 64 heavy (non-hydrogen) atoms. The van der Waals surface area contributed by atoms with Crippen LogP contribution in [-0.4, -0.2) is 32.8 Å². The molecule has 9 aromatic rings. The molecular weight excluding hydrogens is 1020 g/mol. The predicted octanol–water partition coefficient (Wildman–Crippen LogP) is 14.7. The van der Waals surface area contributed by atoms with Crippen LogP contribution in [0, 0.1) is 31.9 Å². The first-order valence-electron chi connectivity index (χ1n) is 22.5. The average Bonchev–Trinajstić information content (AvgIpc) is 3.82. The Morgan fingerprint density at radius 2 is 1.42 bits per heavy atom. The van der Waals surface area contributed by atoms with Crippen LogP contribution in [0.3, 0.4) is 0 Å². The van der Waals surface area contributed by atoms with Crippen molar-refractivity contribution in [2.45, 2.75) is 97.5 Å². The van der Waals surface area contributed by atoms with Crippen molar-refractivity contribution < 1.29 is 24.5 Å². The summed E-state index contributed by atoms with van der Waals surface area (Å²) < 4.78 is 10.4. The molecule has 5 aromatic carbocycles. The fourth-order valence-corrected chi connectivity index (χ4v) is 12.3. The molecule has 0 N–H and O–H groups in total. The summed E-state index contributed by atoms with van der Waals surface area (Å²) >= 11 is -1.86. The quantitative estimate of drug-likeness (QED) is 0.101. The maximum absolute atomic E-state index is 6.52. The van der Waals surface area contributed by atoms with Gasteiger partial charge in [-0.3, -0.25) is 9.97 Å².